The number of carbonyl (C=O) groups is 5. The summed E-state index contributed by atoms with van der Waals surface area (Å²) in [5.41, 5.74) is 17.1. The number of aryl methyl sites for hydroxylation is 1. The average molecular weight is 1760 g/mol. The summed E-state index contributed by atoms with van der Waals surface area (Å²) in [6.07, 6.45) is 18.2. The van der Waals surface area contributed by atoms with Crippen LogP contribution in [0.4, 0.5) is 0 Å². The van der Waals surface area contributed by atoms with Gasteiger partial charge >= 0.3 is 19.1 Å². The number of carbonyl (C=O) groups excluding carboxylic acids is 4. The summed E-state index contributed by atoms with van der Waals surface area (Å²) < 4.78 is 26.0. The van der Waals surface area contributed by atoms with E-state index in [1.165, 1.54) is 38.4 Å². The zero-order chi connectivity index (χ0) is 81.7. The van der Waals surface area contributed by atoms with Crippen LogP contribution >= 0.6 is 47.8 Å². The Bertz CT molecular complexity index is 5420. The highest BCUT2D eigenvalue weighted by Crippen LogP contribution is 2.53. The van der Waals surface area contributed by atoms with Gasteiger partial charge in [-0.2, -0.15) is 0 Å². The zero-order valence-corrected chi connectivity index (χ0v) is 69.2. The molecule has 1 aliphatic carbocycles. The molecule has 26 heteroatoms. The predicted molar refractivity (Wildman–Crippen MR) is 460 cm³/mol. The van der Waals surface area contributed by atoms with Gasteiger partial charge in [0.2, 0.25) is 0 Å². The molecule has 4 aliphatic heterocycles. The van der Waals surface area contributed by atoms with Crippen molar-refractivity contribution >= 4 is 89.9 Å². The number of amides is 2. The van der Waals surface area contributed by atoms with Gasteiger partial charge in [0.05, 0.1) is 58.1 Å². The Morgan fingerprint density at radius 1 is 0.462 bits per heavy atom. The van der Waals surface area contributed by atoms with Crippen molar-refractivity contribution in [3.05, 3.63) is 284 Å². The molecule has 1 saturated carbocycles. The quantitative estimate of drug-likeness (QED) is 0.0321. The molecular formula is C91H86BBr3N10O12. The second-order valence-corrected chi connectivity index (χ2v) is 31.6. The van der Waals surface area contributed by atoms with E-state index in [1.54, 1.807) is 91.4 Å². The number of carboxylic acids is 1. The normalized spacial score (nSPS) is 15.5. The van der Waals surface area contributed by atoms with Crippen LogP contribution in [0.15, 0.2) is 245 Å². The number of benzene rings is 5. The third kappa shape index (κ3) is 22.6. The van der Waals surface area contributed by atoms with Gasteiger partial charge < -0.3 is 49.3 Å². The lowest BCUT2D eigenvalue weighted by atomic mass is 9.80. The summed E-state index contributed by atoms with van der Waals surface area (Å²) in [7, 11) is -0.164. The van der Waals surface area contributed by atoms with Crippen molar-refractivity contribution in [3.63, 3.8) is 0 Å². The van der Waals surface area contributed by atoms with Crippen molar-refractivity contribution in [1.29, 1.82) is 0 Å². The molecule has 2 amide bonds. The fourth-order valence-electron chi connectivity index (χ4n) is 14.5. The molecule has 3 saturated heterocycles. The fraction of sp³-hybridized carbons (Fsp3) is 0.253. The van der Waals surface area contributed by atoms with Gasteiger partial charge in [-0.15, -0.1) is 0 Å². The third-order valence-corrected chi connectivity index (χ3v) is 22.3. The lowest BCUT2D eigenvalue weighted by molar-refractivity contribution is 0.0594. The van der Waals surface area contributed by atoms with Crippen molar-refractivity contribution in [3.8, 4) is 78.9 Å². The third-order valence-electron chi connectivity index (χ3n) is 20.8. The molecule has 0 radical (unpaired) electrons. The molecule has 2 unspecified atom stereocenters. The van der Waals surface area contributed by atoms with E-state index < -0.39 is 13.1 Å². The summed E-state index contributed by atoms with van der Waals surface area (Å²) in [6.45, 7) is 6.37. The van der Waals surface area contributed by atoms with Crippen LogP contribution in [0.3, 0.4) is 0 Å². The number of aromatic carboxylic acids is 1. The SMILES string of the molecule is COC(=O)c1ccc(-c2cc(Br)ccn2)cc1.Cc1cccc(-c2nc3n(c2-c2ccnc(-c4ccc(C(=O)CC5CCOCC5)cc4)c2)C2CCC3C2)n1.O=C(NC1CCOCC1)c1ccc(-c2cc(B(O)O)ccn2)cc1.O=C(NC1CCOCC1)c1ccc(-c2cc(Br)ccn2)cc1.O=C(O)c1ccc(-c2cc(Br)ccn2)cc1. The molecule has 22 nitrogen and oxygen atoms in total. The van der Waals surface area contributed by atoms with Crippen molar-refractivity contribution in [2.75, 3.05) is 46.8 Å². The van der Waals surface area contributed by atoms with Crippen molar-refractivity contribution in [2.45, 2.75) is 95.2 Å². The van der Waals surface area contributed by atoms with Gasteiger partial charge in [0.25, 0.3) is 11.8 Å². The predicted octanol–water partition coefficient (Wildman–Crippen LogP) is 17.1. The summed E-state index contributed by atoms with van der Waals surface area (Å²) in [4.78, 5) is 91.1. The Morgan fingerprint density at radius 2 is 0.880 bits per heavy atom. The van der Waals surface area contributed by atoms with E-state index >= 15 is 0 Å². The monoisotopic (exact) mass is 1760 g/mol. The molecule has 2 atom stereocenters. The Kier molecular flexibility index (Phi) is 29.3. The number of hydrogen-bond donors (Lipinski definition) is 5. The first-order chi connectivity index (χ1) is 56.9. The molecule has 7 aromatic heterocycles. The van der Waals surface area contributed by atoms with Gasteiger partial charge in [-0.3, -0.25) is 44.3 Å². The highest BCUT2D eigenvalue weighted by atomic mass is 79.9. The largest absolute Gasteiger partial charge is 0.488 e. The minimum Gasteiger partial charge on any atom is -0.478 e. The number of hydrogen-bond acceptors (Lipinski definition) is 18. The number of fused-ring (bicyclic) bond motifs is 5. The summed E-state index contributed by atoms with van der Waals surface area (Å²) >= 11 is 10.2. The number of ether oxygens (including phenoxy) is 4. The number of carboxylic acid groups (broad SMARTS) is 1. The van der Waals surface area contributed by atoms with Crippen LogP contribution in [0.1, 0.15) is 139 Å². The van der Waals surface area contributed by atoms with E-state index in [1.807, 2.05) is 116 Å². The molecule has 11 heterocycles. The second kappa shape index (κ2) is 40.8. The van der Waals surface area contributed by atoms with E-state index in [0.717, 1.165) is 163 Å². The van der Waals surface area contributed by atoms with Crippen LogP contribution < -0.4 is 16.1 Å². The highest BCUT2D eigenvalue weighted by Gasteiger charge is 2.42. The van der Waals surface area contributed by atoms with Crippen LogP contribution in [-0.4, -0.2) is 150 Å². The summed E-state index contributed by atoms with van der Waals surface area (Å²) in [5, 5.41) is 33.3. The van der Waals surface area contributed by atoms with Crippen LogP contribution in [0.5, 0.6) is 0 Å². The number of ketones is 1. The van der Waals surface area contributed by atoms with Crippen LogP contribution in [0.25, 0.3) is 78.9 Å². The second-order valence-electron chi connectivity index (χ2n) is 28.8. The molecule has 17 rings (SSSR count). The van der Waals surface area contributed by atoms with E-state index in [-0.39, 0.29) is 41.2 Å². The van der Waals surface area contributed by atoms with Crippen LogP contribution in [0, 0.1) is 12.8 Å². The molecule has 117 heavy (non-hydrogen) atoms. The number of aromatic nitrogens is 8. The first kappa shape index (κ1) is 84.0. The zero-order valence-electron chi connectivity index (χ0n) is 64.4. The van der Waals surface area contributed by atoms with Gasteiger partial charge in [0.15, 0.2) is 5.78 Å². The van der Waals surface area contributed by atoms with Crippen LogP contribution in [0.2, 0.25) is 0 Å². The molecule has 4 fully saturated rings. The number of imidazole rings is 1. The Morgan fingerprint density at radius 3 is 1.32 bits per heavy atom. The van der Waals surface area contributed by atoms with Crippen molar-refractivity contribution < 1.29 is 58.1 Å². The number of nitrogens with zero attached hydrogens (tertiary/aromatic N) is 8. The molecule has 5 aromatic carbocycles. The molecule has 0 spiro atoms. The molecule has 5 N–H and O–H groups in total. The molecule has 2 bridgehead atoms. The van der Waals surface area contributed by atoms with Crippen molar-refractivity contribution in [2.24, 2.45) is 5.92 Å². The number of rotatable bonds is 17. The Labute approximate surface area is 703 Å². The maximum Gasteiger partial charge on any atom is 0.488 e. The van der Waals surface area contributed by atoms with E-state index in [4.69, 9.17) is 34.3 Å². The maximum atomic E-state index is 12.9. The van der Waals surface area contributed by atoms with Crippen molar-refractivity contribution in [1.82, 2.24) is 50.1 Å². The Balaban J connectivity index is 0.000000132. The van der Waals surface area contributed by atoms with E-state index in [0.29, 0.717) is 65.4 Å². The van der Waals surface area contributed by atoms with E-state index in [9.17, 15) is 34.0 Å². The standard InChI is InChI=1S/C32H32N4O2.C17H19BN2O4.C17H17BrN2O2.C13H10BrNO2.C12H8BrNO2/c1-20-3-2-4-27(34-20)30-31(36-26-10-9-25(18-26)32(36)35-30)24-11-14-33-28(19-24)22-5-7-23(8-6-22)29(37)17-21-12-15-38-16-13-21;21-17(20-15-6-9-24-10-7-15)13-3-1-12(2-4-13)16-11-14(18(22)23)5-8-19-16;18-14-5-8-19-16(11-14)12-1-3-13(4-2-12)17(21)20-15-6-9-22-10-7-15;1-17-13(16)10-4-2-9(3-5-10)12-8-11(14)6-7-15-12;13-10-5-6-14-11(7-10)8-1-3-9(4-2-8)12(15)16/h2-8,11,14,19,21,25-26H,9-10,12-13,15-18H2,1H3;1-5,8,11,15,22-23H,6-7,9-10H2,(H,20,21);1-5,8,11,15H,6-7,9-10H2,(H,20,21);2-8H,1H3;1-7H,(H,15,16). The van der Waals surface area contributed by atoms with Crippen LogP contribution in [-0.2, 0) is 18.9 Å². The lowest BCUT2D eigenvalue weighted by Crippen LogP contribution is -2.38. The lowest BCUT2D eigenvalue weighted by Gasteiger charge is -2.23. The molecule has 596 valence electrons. The number of halogens is 3. The number of methoxy groups -OCH3 is 1. The van der Waals surface area contributed by atoms with E-state index in [2.05, 4.69) is 112 Å². The van der Waals surface area contributed by atoms with Gasteiger partial charge in [-0.25, -0.2) is 14.6 Å². The van der Waals surface area contributed by atoms with Gasteiger partial charge in [0.1, 0.15) is 11.5 Å². The number of pyridine rings is 6. The highest BCUT2D eigenvalue weighted by molar-refractivity contribution is 9.11. The molecule has 5 aliphatic rings. The summed E-state index contributed by atoms with van der Waals surface area (Å²) in [5.74, 6) is 1.02. The fourth-order valence-corrected chi connectivity index (χ4v) is 15.5. The smallest absolute Gasteiger partial charge is 0.478 e. The van der Waals surface area contributed by atoms with Gasteiger partial charge in [-0.05, 0) is 197 Å². The number of esters is 1. The van der Waals surface area contributed by atoms with Gasteiger partial charge in [0, 0.05) is 170 Å². The summed E-state index contributed by atoms with van der Waals surface area (Å²) in [6, 6.07) is 62.1. The average Bonchev–Trinajstić information content (AvgIpc) is 1.57. The molecular weight excluding hydrogens is 1680 g/mol. The first-order valence-electron chi connectivity index (χ1n) is 38.8. The maximum absolute atomic E-state index is 12.9. The minimum absolute atomic E-state index is 0.0272. The number of nitrogens with one attached hydrogen (secondary N) is 2. The Hall–Kier alpha value is -10.9. The minimum atomic E-state index is -1.53. The number of Topliss-reactive ketones (excluding diaryl/α,β-unsaturated/α-hetero) is 1. The topological polar surface area (TPSA) is 302 Å². The molecule has 12 aromatic rings. The first-order valence-corrected chi connectivity index (χ1v) is 41.2. The van der Waals surface area contributed by atoms with Gasteiger partial charge in [-0.1, -0.05) is 127 Å².